The van der Waals surface area contributed by atoms with Crippen molar-refractivity contribution in [3.05, 3.63) is 99.5 Å². The predicted octanol–water partition coefficient (Wildman–Crippen LogP) is 8.00. The van der Waals surface area contributed by atoms with Crippen molar-refractivity contribution in [2.75, 3.05) is 32.1 Å². The van der Waals surface area contributed by atoms with Gasteiger partial charge >= 0.3 is 5.97 Å². The third-order valence-electron chi connectivity index (χ3n) is 7.75. The van der Waals surface area contributed by atoms with Gasteiger partial charge in [0.1, 0.15) is 0 Å². The average molecular weight is 607 g/mol. The molecule has 0 atom stereocenters. The molecule has 2 heterocycles. The van der Waals surface area contributed by atoms with E-state index in [2.05, 4.69) is 53.1 Å². The molecule has 1 aliphatic heterocycles. The Morgan fingerprint density at radius 2 is 1.55 bits per heavy atom. The van der Waals surface area contributed by atoms with E-state index in [0.717, 1.165) is 78.5 Å². The molecule has 0 aliphatic carbocycles. The van der Waals surface area contributed by atoms with Gasteiger partial charge in [-0.3, -0.25) is 4.79 Å². The number of hydrogen-bond acceptors (Lipinski definition) is 6. The fraction of sp³-hybridized carbons (Fsp3) is 0.353. The molecule has 1 aromatic heterocycles. The number of rotatable bonds is 12. The molecule has 0 saturated carbocycles. The standard InChI is InChI=1S/C34H37Cl2N3O3/c1-41-33(40)5-3-2-4-20-42-32-22-31(38-28-16-18-37-19-17-28)29-21-25(10-15-30(29)39-32)34(23-6-11-26(35)12-7-23)24-8-13-27(36)14-9-24/h6-15,21-22,28,34,37H,2-5,16-20H2,1H3,(H,38,39). The number of piperidine rings is 1. The first-order valence-electron chi connectivity index (χ1n) is 14.6. The first-order chi connectivity index (χ1) is 20.5. The van der Waals surface area contributed by atoms with Crippen LogP contribution >= 0.6 is 23.2 Å². The van der Waals surface area contributed by atoms with Gasteiger partial charge in [0.2, 0.25) is 5.88 Å². The Labute approximate surface area is 257 Å². The number of hydrogen-bond donors (Lipinski definition) is 2. The Hall–Kier alpha value is -3.32. The number of nitrogens with one attached hydrogen (secondary N) is 2. The minimum Gasteiger partial charge on any atom is -0.478 e. The topological polar surface area (TPSA) is 72.5 Å². The Kier molecular flexibility index (Phi) is 10.6. The van der Waals surface area contributed by atoms with Crippen molar-refractivity contribution in [3.63, 3.8) is 0 Å². The fourth-order valence-electron chi connectivity index (χ4n) is 5.49. The summed E-state index contributed by atoms with van der Waals surface area (Å²) in [6, 6.07) is 25.0. The number of ether oxygens (including phenoxy) is 2. The first kappa shape index (κ1) is 30.1. The summed E-state index contributed by atoms with van der Waals surface area (Å²) in [4.78, 5) is 16.2. The summed E-state index contributed by atoms with van der Waals surface area (Å²) in [7, 11) is 1.42. The van der Waals surface area contributed by atoms with E-state index in [9.17, 15) is 4.79 Å². The molecule has 4 aromatic rings. The minimum absolute atomic E-state index is 0.00317. The van der Waals surface area contributed by atoms with Gasteiger partial charge in [-0.25, -0.2) is 4.98 Å². The number of fused-ring (bicyclic) bond motifs is 1. The van der Waals surface area contributed by atoms with Gasteiger partial charge in [0, 0.05) is 45.6 Å². The number of esters is 1. The number of benzene rings is 3. The van der Waals surface area contributed by atoms with Crippen LogP contribution in [0, 0.1) is 0 Å². The van der Waals surface area contributed by atoms with E-state index in [1.807, 2.05) is 30.3 Å². The number of unbranched alkanes of at least 4 members (excludes halogenated alkanes) is 2. The zero-order chi connectivity index (χ0) is 29.3. The van der Waals surface area contributed by atoms with Crippen LogP contribution in [-0.2, 0) is 9.53 Å². The van der Waals surface area contributed by atoms with Crippen molar-refractivity contribution in [1.29, 1.82) is 0 Å². The van der Waals surface area contributed by atoms with Crippen molar-refractivity contribution in [2.45, 2.75) is 50.5 Å². The lowest BCUT2D eigenvalue weighted by Gasteiger charge is -2.26. The number of nitrogens with zero attached hydrogens (tertiary/aromatic N) is 1. The summed E-state index contributed by atoms with van der Waals surface area (Å²) in [6.45, 7) is 2.53. The highest BCUT2D eigenvalue weighted by Crippen LogP contribution is 2.37. The SMILES string of the molecule is COC(=O)CCCCCOc1cc(NC2CCNCC2)c2cc(C(c3ccc(Cl)cc3)c3ccc(Cl)cc3)ccc2n1. The highest BCUT2D eigenvalue weighted by Gasteiger charge is 2.20. The van der Waals surface area contributed by atoms with Crippen LogP contribution in [0.4, 0.5) is 5.69 Å². The van der Waals surface area contributed by atoms with Crippen LogP contribution in [0.5, 0.6) is 5.88 Å². The van der Waals surface area contributed by atoms with Gasteiger partial charge in [0.15, 0.2) is 0 Å². The first-order valence-corrected chi connectivity index (χ1v) is 15.4. The second kappa shape index (κ2) is 14.7. The molecular weight excluding hydrogens is 569 g/mol. The molecule has 2 N–H and O–H groups in total. The second-order valence-electron chi connectivity index (χ2n) is 10.7. The van der Waals surface area contributed by atoms with E-state index in [-0.39, 0.29) is 11.9 Å². The molecule has 8 heteroatoms. The maximum atomic E-state index is 11.4. The second-order valence-corrected chi connectivity index (χ2v) is 11.6. The zero-order valence-corrected chi connectivity index (χ0v) is 25.4. The van der Waals surface area contributed by atoms with Crippen LogP contribution in [0.2, 0.25) is 10.0 Å². The van der Waals surface area contributed by atoms with E-state index in [4.69, 9.17) is 37.7 Å². The van der Waals surface area contributed by atoms with Gasteiger partial charge in [0.25, 0.3) is 0 Å². The summed E-state index contributed by atoms with van der Waals surface area (Å²) in [5.74, 6) is 0.428. The van der Waals surface area contributed by atoms with Gasteiger partial charge in [-0.15, -0.1) is 0 Å². The third-order valence-corrected chi connectivity index (χ3v) is 8.25. The molecule has 220 valence electrons. The van der Waals surface area contributed by atoms with Crippen molar-refractivity contribution >= 4 is 45.8 Å². The van der Waals surface area contributed by atoms with E-state index in [1.165, 1.54) is 7.11 Å². The zero-order valence-electron chi connectivity index (χ0n) is 23.9. The molecule has 0 radical (unpaired) electrons. The maximum Gasteiger partial charge on any atom is 0.305 e. The summed E-state index contributed by atoms with van der Waals surface area (Å²) in [6.07, 6.45) is 5.06. The van der Waals surface area contributed by atoms with Crippen molar-refractivity contribution < 1.29 is 14.3 Å². The molecule has 3 aromatic carbocycles. The van der Waals surface area contributed by atoms with Crippen LogP contribution in [0.15, 0.2) is 72.8 Å². The lowest BCUT2D eigenvalue weighted by molar-refractivity contribution is -0.140. The molecule has 0 unspecified atom stereocenters. The number of pyridine rings is 1. The van der Waals surface area contributed by atoms with Gasteiger partial charge in [0.05, 0.1) is 19.2 Å². The number of carbonyl (C=O) groups is 1. The largest absolute Gasteiger partial charge is 0.478 e. The Balaban J connectivity index is 1.45. The van der Waals surface area contributed by atoms with Gasteiger partial charge in [-0.05, 0) is 98.3 Å². The van der Waals surface area contributed by atoms with E-state index < -0.39 is 0 Å². The van der Waals surface area contributed by atoms with Crippen molar-refractivity contribution in [2.24, 2.45) is 0 Å². The molecular formula is C34H37Cl2N3O3. The minimum atomic E-state index is -0.172. The van der Waals surface area contributed by atoms with Gasteiger partial charge in [-0.1, -0.05) is 53.5 Å². The molecule has 42 heavy (non-hydrogen) atoms. The number of carbonyl (C=O) groups excluding carboxylic acids is 1. The lowest BCUT2D eigenvalue weighted by Crippen LogP contribution is -2.35. The average Bonchev–Trinajstić information content (AvgIpc) is 3.01. The molecule has 0 spiro atoms. The third kappa shape index (κ3) is 7.94. The van der Waals surface area contributed by atoms with Crippen LogP contribution in [-0.4, -0.2) is 43.8 Å². The van der Waals surface area contributed by atoms with E-state index >= 15 is 0 Å². The van der Waals surface area contributed by atoms with Crippen LogP contribution in [0.25, 0.3) is 10.9 Å². The maximum absolute atomic E-state index is 11.4. The fourth-order valence-corrected chi connectivity index (χ4v) is 5.74. The lowest BCUT2D eigenvalue weighted by atomic mass is 9.84. The number of halogens is 2. The molecule has 1 fully saturated rings. The number of aromatic nitrogens is 1. The molecule has 1 saturated heterocycles. The van der Waals surface area contributed by atoms with Crippen molar-refractivity contribution in [1.82, 2.24) is 10.3 Å². The predicted molar refractivity (Wildman–Crippen MR) is 171 cm³/mol. The van der Waals surface area contributed by atoms with Crippen LogP contribution in [0.1, 0.15) is 61.1 Å². The number of anilines is 1. The Bertz CT molecular complexity index is 1430. The summed E-state index contributed by atoms with van der Waals surface area (Å²) >= 11 is 12.5. The van der Waals surface area contributed by atoms with Gasteiger partial charge < -0.3 is 20.1 Å². The summed E-state index contributed by atoms with van der Waals surface area (Å²) < 4.78 is 10.8. The number of methoxy groups -OCH3 is 1. The highest BCUT2D eigenvalue weighted by molar-refractivity contribution is 6.30. The molecule has 6 nitrogen and oxygen atoms in total. The van der Waals surface area contributed by atoms with E-state index in [0.29, 0.717) is 35.0 Å². The van der Waals surface area contributed by atoms with Gasteiger partial charge in [-0.2, -0.15) is 0 Å². The van der Waals surface area contributed by atoms with E-state index in [1.54, 1.807) is 0 Å². The van der Waals surface area contributed by atoms with Crippen LogP contribution in [0.3, 0.4) is 0 Å². The Morgan fingerprint density at radius 3 is 2.19 bits per heavy atom. The Morgan fingerprint density at radius 1 is 0.905 bits per heavy atom. The van der Waals surface area contributed by atoms with Crippen molar-refractivity contribution in [3.8, 4) is 5.88 Å². The summed E-state index contributed by atoms with van der Waals surface area (Å²) in [5, 5.41) is 9.73. The molecule has 1 aliphatic rings. The monoisotopic (exact) mass is 605 g/mol. The normalized spacial score (nSPS) is 13.8. The quantitative estimate of drug-likeness (QED) is 0.0968. The molecule has 5 rings (SSSR count). The summed E-state index contributed by atoms with van der Waals surface area (Å²) in [5.41, 5.74) is 5.36. The molecule has 0 amide bonds. The molecule has 0 bridgehead atoms. The smallest absolute Gasteiger partial charge is 0.305 e. The van der Waals surface area contributed by atoms with Crippen LogP contribution < -0.4 is 15.4 Å². The highest BCUT2D eigenvalue weighted by atomic mass is 35.5.